The standard InChI is InChI=1S/C12H13F3N2OS/c1-7(2)10(18)17-11(19)16-9-5-3-4-8(6-9)12(13,14)15/h3-7H,1-2H3,(H2,16,17,18,19). The van der Waals surface area contributed by atoms with Crippen molar-refractivity contribution in [2.45, 2.75) is 20.0 Å². The summed E-state index contributed by atoms with van der Waals surface area (Å²) in [5.74, 6) is -0.564. The monoisotopic (exact) mass is 290 g/mol. The van der Waals surface area contributed by atoms with Crippen LogP contribution in [0.3, 0.4) is 0 Å². The van der Waals surface area contributed by atoms with Crippen LogP contribution in [0.4, 0.5) is 18.9 Å². The Morgan fingerprint density at radius 2 is 1.95 bits per heavy atom. The molecule has 1 rings (SSSR count). The van der Waals surface area contributed by atoms with Crippen molar-refractivity contribution in [1.29, 1.82) is 0 Å². The van der Waals surface area contributed by atoms with Gasteiger partial charge in [0.2, 0.25) is 5.91 Å². The van der Waals surface area contributed by atoms with Crippen molar-refractivity contribution >= 4 is 28.9 Å². The molecule has 0 atom stereocenters. The van der Waals surface area contributed by atoms with E-state index < -0.39 is 11.7 Å². The minimum absolute atomic E-state index is 0.0296. The minimum Gasteiger partial charge on any atom is -0.332 e. The average molecular weight is 290 g/mol. The molecule has 0 aliphatic carbocycles. The third-order valence-electron chi connectivity index (χ3n) is 2.21. The third-order valence-corrected chi connectivity index (χ3v) is 2.41. The average Bonchev–Trinajstić information content (AvgIpc) is 2.27. The molecule has 1 aromatic rings. The number of hydrogen-bond acceptors (Lipinski definition) is 2. The molecule has 0 unspecified atom stereocenters. The van der Waals surface area contributed by atoms with E-state index in [1.165, 1.54) is 12.1 Å². The van der Waals surface area contributed by atoms with E-state index in [-0.39, 0.29) is 22.6 Å². The van der Waals surface area contributed by atoms with Crippen molar-refractivity contribution in [3.8, 4) is 0 Å². The minimum atomic E-state index is -4.42. The molecule has 0 heterocycles. The van der Waals surface area contributed by atoms with Crippen molar-refractivity contribution < 1.29 is 18.0 Å². The predicted octanol–water partition coefficient (Wildman–Crippen LogP) is 3.17. The molecule has 0 spiro atoms. The molecule has 0 saturated heterocycles. The molecule has 0 radical (unpaired) electrons. The number of carbonyl (C=O) groups excluding carboxylic acids is 1. The number of benzene rings is 1. The molecule has 0 bridgehead atoms. The van der Waals surface area contributed by atoms with Crippen molar-refractivity contribution in [1.82, 2.24) is 5.32 Å². The number of halogens is 3. The van der Waals surface area contributed by atoms with Gasteiger partial charge in [0.25, 0.3) is 0 Å². The van der Waals surface area contributed by atoms with Gasteiger partial charge in [-0.25, -0.2) is 0 Å². The molecule has 1 amide bonds. The summed E-state index contributed by atoms with van der Waals surface area (Å²) in [5.41, 5.74) is -0.612. The third kappa shape index (κ3) is 4.86. The number of carbonyl (C=O) groups is 1. The number of anilines is 1. The molecule has 0 saturated carbocycles. The molecule has 3 nitrogen and oxygen atoms in total. The quantitative estimate of drug-likeness (QED) is 0.822. The first-order chi connectivity index (χ1) is 8.70. The Morgan fingerprint density at radius 3 is 2.47 bits per heavy atom. The van der Waals surface area contributed by atoms with E-state index in [4.69, 9.17) is 12.2 Å². The smallest absolute Gasteiger partial charge is 0.332 e. The zero-order valence-corrected chi connectivity index (χ0v) is 11.2. The number of nitrogens with one attached hydrogen (secondary N) is 2. The molecule has 7 heteroatoms. The fourth-order valence-corrected chi connectivity index (χ4v) is 1.41. The molecule has 1 aromatic carbocycles. The lowest BCUT2D eigenvalue weighted by Crippen LogP contribution is -2.36. The van der Waals surface area contributed by atoms with Crippen LogP contribution < -0.4 is 10.6 Å². The molecular formula is C12H13F3N2OS. The van der Waals surface area contributed by atoms with Gasteiger partial charge in [0.1, 0.15) is 0 Å². The molecule has 19 heavy (non-hydrogen) atoms. The van der Waals surface area contributed by atoms with E-state index in [9.17, 15) is 18.0 Å². The largest absolute Gasteiger partial charge is 0.416 e. The maximum Gasteiger partial charge on any atom is 0.416 e. The Hall–Kier alpha value is -1.63. The lowest BCUT2D eigenvalue weighted by Gasteiger charge is -2.13. The molecule has 0 fully saturated rings. The van der Waals surface area contributed by atoms with E-state index in [0.717, 1.165) is 12.1 Å². The molecule has 104 valence electrons. The van der Waals surface area contributed by atoms with Gasteiger partial charge in [-0.2, -0.15) is 13.2 Å². The zero-order valence-electron chi connectivity index (χ0n) is 10.3. The summed E-state index contributed by atoms with van der Waals surface area (Å²) in [7, 11) is 0. The first-order valence-electron chi connectivity index (χ1n) is 5.49. The normalized spacial score (nSPS) is 11.3. The van der Waals surface area contributed by atoms with Crippen LogP contribution in [0.25, 0.3) is 0 Å². The first-order valence-corrected chi connectivity index (χ1v) is 5.90. The summed E-state index contributed by atoms with van der Waals surface area (Å²) in [6.07, 6.45) is -4.42. The Balaban J connectivity index is 2.73. The molecule has 0 aliphatic rings. The molecule has 0 aliphatic heterocycles. The molecular weight excluding hydrogens is 277 g/mol. The number of hydrogen-bond donors (Lipinski definition) is 2. The van der Waals surface area contributed by atoms with Gasteiger partial charge in [-0.15, -0.1) is 0 Å². The highest BCUT2D eigenvalue weighted by atomic mass is 32.1. The molecule has 2 N–H and O–H groups in total. The zero-order chi connectivity index (χ0) is 14.6. The van der Waals surface area contributed by atoms with Crippen LogP contribution in [0.1, 0.15) is 19.4 Å². The number of alkyl halides is 3. The first kappa shape index (κ1) is 15.4. The van der Waals surface area contributed by atoms with Gasteiger partial charge in [-0.1, -0.05) is 19.9 Å². The van der Waals surface area contributed by atoms with Gasteiger partial charge in [0.05, 0.1) is 5.56 Å². The maximum atomic E-state index is 12.5. The van der Waals surface area contributed by atoms with Crippen LogP contribution in [-0.2, 0) is 11.0 Å². The van der Waals surface area contributed by atoms with Gasteiger partial charge >= 0.3 is 6.18 Å². The van der Waals surface area contributed by atoms with E-state index in [1.807, 2.05) is 0 Å². The van der Waals surface area contributed by atoms with Crippen LogP contribution in [0, 0.1) is 5.92 Å². The summed E-state index contributed by atoms with van der Waals surface area (Å²) in [6.45, 7) is 3.37. The summed E-state index contributed by atoms with van der Waals surface area (Å²) in [5, 5.41) is 4.90. The topological polar surface area (TPSA) is 41.1 Å². The number of rotatable bonds is 2. The molecule has 0 aromatic heterocycles. The lowest BCUT2D eigenvalue weighted by atomic mass is 10.2. The van der Waals surface area contributed by atoms with Crippen LogP contribution in [0.5, 0.6) is 0 Å². The summed E-state index contributed by atoms with van der Waals surface area (Å²) >= 11 is 4.84. The summed E-state index contributed by atoms with van der Waals surface area (Å²) in [4.78, 5) is 11.4. The van der Waals surface area contributed by atoms with Gasteiger partial charge < -0.3 is 10.6 Å². The van der Waals surface area contributed by atoms with Crippen molar-refractivity contribution in [2.75, 3.05) is 5.32 Å². The van der Waals surface area contributed by atoms with E-state index in [1.54, 1.807) is 13.8 Å². The fourth-order valence-electron chi connectivity index (χ4n) is 1.19. The van der Waals surface area contributed by atoms with Crippen molar-refractivity contribution in [3.05, 3.63) is 29.8 Å². The summed E-state index contributed by atoms with van der Waals surface area (Å²) < 4.78 is 37.5. The van der Waals surface area contributed by atoms with Gasteiger partial charge in [0, 0.05) is 11.6 Å². The van der Waals surface area contributed by atoms with Crippen LogP contribution in [0.2, 0.25) is 0 Å². The summed E-state index contributed by atoms with van der Waals surface area (Å²) in [6, 6.07) is 4.58. The highest BCUT2D eigenvalue weighted by Gasteiger charge is 2.30. The van der Waals surface area contributed by atoms with Crippen LogP contribution >= 0.6 is 12.2 Å². The van der Waals surface area contributed by atoms with Gasteiger partial charge in [0.15, 0.2) is 5.11 Å². The van der Waals surface area contributed by atoms with E-state index in [2.05, 4.69) is 10.6 Å². The van der Waals surface area contributed by atoms with Crippen molar-refractivity contribution in [2.24, 2.45) is 5.92 Å². The maximum absolute atomic E-state index is 12.5. The predicted molar refractivity (Wildman–Crippen MR) is 70.6 cm³/mol. The van der Waals surface area contributed by atoms with Gasteiger partial charge in [-0.05, 0) is 30.4 Å². The second-order valence-electron chi connectivity index (χ2n) is 4.18. The Labute approximate surface area is 114 Å². The van der Waals surface area contributed by atoms with Crippen LogP contribution in [-0.4, -0.2) is 11.0 Å². The number of thiocarbonyl (C=S) groups is 1. The Kier molecular flexibility index (Phi) is 4.88. The number of amides is 1. The van der Waals surface area contributed by atoms with E-state index >= 15 is 0 Å². The Morgan fingerprint density at radius 1 is 1.32 bits per heavy atom. The van der Waals surface area contributed by atoms with E-state index in [0.29, 0.717) is 0 Å². The SMILES string of the molecule is CC(C)C(=O)NC(=S)Nc1cccc(C(F)(F)F)c1. The highest BCUT2D eigenvalue weighted by molar-refractivity contribution is 7.80. The Bertz CT molecular complexity index is 486. The highest BCUT2D eigenvalue weighted by Crippen LogP contribution is 2.30. The van der Waals surface area contributed by atoms with Gasteiger partial charge in [-0.3, -0.25) is 4.79 Å². The van der Waals surface area contributed by atoms with Crippen LogP contribution in [0.15, 0.2) is 24.3 Å². The van der Waals surface area contributed by atoms with Crippen molar-refractivity contribution in [3.63, 3.8) is 0 Å². The second-order valence-corrected chi connectivity index (χ2v) is 4.58. The second kappa shape index (κ2) is 6.01. The fraction of sp³-hybridized carbons (Fsp3) is 0.333. The lowest BCUT2D eigenvalue weighted by molar-refractivity contribution is -0.137.